The summed E-state index contributed by atoms with van der Waals surface area (Å²) in [7, 11) is 0. The predicted octanol–water partition coefficient (Wildman–Crippen LogP) is 3.04. The zero-order chi connectivity index (χ0) is 16.4. The topological polar surface area (TPSA) is 85.8 Å². The zero-order valence-electron chi connectivity index (χ0n) is 12.9. The Morgan fingerprint density at radius 3 is 2.48 bits per heavy atom. The van der Waals surface area contributed by atoms with Crippen LogP contribution in [0.2, 0.25) is 0 Å². The van der Waals surface area contributed by atoms with Crippen molar-refractivity contribution in [1.29, 1.82) is 0 Å². The molecule has 116 valence electrons. The normalized spacial score (nSPS) is 10.5. The van der Waals surface area contributed by atoms with Gasteiger partial charge in [-0.1, -0.05) is 36.4 Å². The molecule has 23 heavy (non-hydrogen) atoms. The maximum atomic E-state index is 11.1. The number of rotatable bonds is 3. The lowest BCUT2D eigenvalue weighted by Gasteiger charge is -2.08. The van der Waals surface area contributed by atoms with E-state index >= 15 is 0 Å². The van der Waals surface area contributed by atoms with Gasteiger partial charge in [0.2, 0.25) is 0 Å². The third-order valence-electron chi connectivity index (χ3n) is 3.61. The van der Waals surface area contributed by atoms with Crippen LogP contribution in [-0.2, 0) is 0 Å². The summed E-state index contributed by atoms with van der Waals surface area (Å²) in [6, 6.07) is 15.0. The van der Waals surface area contributed by atoms with Crippen molar-refractivity contribution in [2.45, 2.75) is 13.8 Å². The second kappa shape index (κ2) is 5.92. The van der Waals surface area contributed by atoms with E-state index in [1.807, 2.05) is 55.5 Å². The summed E-state index contributed by atoms with van der Waals surface area (Å²) in [4.78, 5) is 15.5. The molecule has 0 aliphatic carbocycles. The first-order valence-electron chi connectivity index (χ1n) is 7.21. The molecule has 2 amide bonds. The lowest BCUT2D eigenvalue weighted by atomic mass is 10.1. The maximum Gasteiger partial charge on any atom is 0.319 e. The molecule has 0 atom stereocenters. The van der Waals surface area contributed by atoms with Gasteiger partial charge in [-0.15, -0.1) is 5.10 Å². The standard InChI is InChI=1S/C17H17N5O/c1-11-8-9-14(10-12(11)2)22-15(13-6-4-3-5-7-13)19-17(21-22)20-16(18)23/h3-10H,1-2H3,(H3,18,20,21,23). The number of aromatic nitrogens is 3. The van der Waals surface area contributed by atoms with E-state index in [1.165, 1.54) is 5.56 Å². The quantitative estimate of drug-likeness (QED) is 0.779. The summed E-state index contributed by atoms with van der Waals surface area (Å²) in [6.07, 6.45) is 0. The number of benzene rings is 2. The molecule has 0 aliphatic rings. The molecule has 3 aromatic rings. The van der Waals surface area contributed by atoms with Crippen molar-refractivity contribution in [2.24, 2.45) is 5.73 Å². The van der Waals surface area contributed by atoms with Crippen molar-refractivity contribution in [3.63, 3.8) is 0 Å². The van der Waals surface area contributed by atoms with E-state index in [0.717, 1.165) is 16.8 Å². The number of nitrogens with two attached hydrogens (primary N) is 1. The SMILES string of the molecule is Cc1ccc(-n2nc(NC(N)=O)nc2-c2ccccc2)cc1C. The minimum atomic E-state index is -0.693. The highest BCUT2D eigenvalue weighted by Gasteiger charge is 2.14. The van der Waals surface area contributed by atoms with Gasteiger partial charge in [-0.25, -0.2) is 9.48 Å². The Bertz CT molecular complexity index is 855. The van der Waals surface area contributed by atoms with E-state index in [1.54, 1.807) is 4.68 Å². The Labute approximate surface area is 134 Å². The molecule has 0 unspecified atom stereocenters. The first-order chi connectivity index (χ1) is 11.0. The number of urea groups is 1. The number of carbonyl (C=O) groups is 1. The third kappa shape index (κ3) is 3.06. The van der Waals surface area contributed by atoms with Crippen molar-refractivity contribution in [2.75, 3.05) is 5.32 Å². The molecule has 3 rings (SSSR count). The fourth-order valence-electron chi connectivity index (χ4n) is 2.29. The van der Waals surface area contributed by atoms with E-state index in [0.29, 0.717) is 5.82 Å². The number of aryl methyl sites for hydroxylation is 2. The average molecular weight is 307 g/mol. The molecule has 0 radical (unpaired) electrons. The highest BCUT2D eigenvalue weighted by molar-refractivity contribution is 5.86. The van der Waals surface area contributed by atoms with Crippen LogP contribution in [0.15, 0.2) is 48.5 Å². The van der Waals surface area contributed by atoms with Crippen molar-refractivity contribution in [3.05, 3.63) is 59.7 Å². The van der Waals surface area contributed by atoms with Gasteiger partial charge in [0.1, 0.15) is 0 Å². The van der Waals surface area contributed by atoms with Gasteiger partial charge in [-0.3, -0.25) is 5.32 Å². The Hall–Kier alpha value is -3.15. The van der Waals surface area contributed by atoms with Crippen LogP contribution in [0.4, 0.5) is 10.7 Å². The summed E-state index contributed by atoms with van der Waals surface area (Å²) < 4.78 is 1.70. The third-order valence-corrected chi connectivity index (χ3v) is 3.61. The van der Waals surface area contributed by atoms with Gasteiger partial charge in [0, 0.05) is 5.56 Å². The molecule has 2 aromatic carbocycles. The maximum absolute atomic E-state index is 11.1. The van der Waals surface area contributed by atoms with Crippen molar-refractivity contribution in [3.8, 4) is 17.1 Å². The monoisotopic (exact) mass is 307 g/mol. The summed E-state index contributed by atoms with van der Waals surface area (Å²) in [5.74, 6) is 0.812. The van der Waals surface area contributed by atoms with Crippen LogP contribution in [-0.4, -0.2) is 20.8 Å². The molecule has 0 bridgehead atoms. The number of amides is 2. The highest BCUT2D eigenvalue weighted by Crippen LogP contribution is 2.23. The molecule has 1 heterocycles. The second-order valence-electron chi connectivity index (χ2n) is 5.29. The lowest BCUT2D eigenvalue weighted by molar-refractivity contribution is 0.259. The van der Waals surface area contributed by atoms with Gasteiger partial charge in [-0.2, -0.15) is 4.98 Å². The van der Waals surface area contributed by atoms with E-state index in [2.05, 4.69) is 22.3 Å². The molecular formula is C17H17N5O. The number of carbonyl (C=O) groups excluding carboxylic acids is 1. The molecule has 0 saturated carbocycles. The van der Waals surface area contributed by atoms with Crippen LogP contribution >= 0.6 is 0 Å². The number of primary amides is 1. The van der Waals surface area contributed by atoms with Gasteiger partial charge < -0.3 is 5.73 Å². The minimum Gasteiger partial charge on any atom is -0.351 e. The van der Waals surface area contributed by atoms with E-state index in [9.17, 15) is 4.79 Å². The zero-order valence-corrected chi connectivity index (χ0v) is 12.9. The first-order valence-corrected chi connectivity index (χ1v) is 7.21. The largest absolute Gasteiger partial charge is 0.351 e. The average Bonchev–Trinajstić information content (AvgIpc) is 2.94. The smallest absolute Gasteiger partial charge is 0.319 e. The van der Waals surface area contributed by atoms with E-state index < -0.39 is 6.03 Å². The Morgan fingerprint density at radius 2 is 1.83 bits per heavy atom. The number of nitrogens with one attached hydrogen (secondary N) is 1. The van der Waals surface area contributed by atoms with E-state index in [-0.39, 0.29) is 5.95 Å². The molecule has 1 aromatic heterocycles. The Kier molecular flexibility index (Phi) is 3.80. The summed E-state index contributed by atoms with van der Waals surface area (Å²) in [5.41, 5.74) is 9.29. The van der Waals surface area contributed by atoms with Gasteiger partial charge >= 0.3 is 6.03 Å². The van der Waals surface area contributed by atoms with Gasteiger partial charge in [-0.05, 0) is 37.1 Å². The van der Waals surface area contributed by atoms with Crippen LogP contribution < -0.4 is 11.1 Å². The number of hydrogen-bond donors (Lipinski definition) is 2. The fourth-order valence-corrected chi connectivity index (χ4v) is 2.29. The summed E-state index contributed by atoms with van der Waals surface area (Å²) >= 11 is 0. The summed E-state index contributed by atoms with van der Waals surface area (Å²) in [6.45, 7) is 4.10. The van der Waals surface area contributed by atoms with Crippen LogP contribution in [0.5, 0.6) is 0 Å². The molecular weight excluding hydrogens is 290 g/mol. The predicted molar refractivity (Wildman–Crippen MR) is 89.5 cm³/mol. The fraction of sp³-hybridized carbons (Fsp3) is 0.118. The van der Waals surface area contributed by atoms with Crippen molar-refractivity contribution in [1.82, 2.24) is 14.8 Å². The molecule has 3 N–H and O–H groups in total. The van der Waals surface area contributed by atoms with Crippen LogP contribution in [0.25, 0.3) is 17.1 Å². The number of nitrogens with zero attached hydrogens (tertiary/aromatic N) is 3. The van der Waals surface area contributed by atoms with Gasteiger partial charge in [0.25, 0.3) is 5.95 Å². The molecule has 0 saturated heterocycles. The Balaban J connectivity index is 2.15. The number of anilines is 1. The summed E-state index contributed by atoms with van der Waals surface area (Å²) in [5, 5.41) is 6.79. The van der Waals surface area contributed by atoms with Crippen LogP contribution in [0, 0.1) is 13.8 Å². The van der Waals surface area contributed by atoms with Crippen molar-refractivity contribution < 1.29 is 4.79 Å². The molecule has 6 nitrogen and oxygen atoms in total. The van der Waals surface area contributed by atoms with Crippen molar-refractivity contribution >= 4 is 12.0 Å². The Morgan fingerprint density at radius 1 is 1.09 bits per heavy atom. The number of hydrogen-bond acceptors (Lipinski definition) is 3. The van der Waals surface area contributed by atoms with Crippen LogP contribution in [0.1, 0.15) is 11.1 Å². The van der Waals surface area contributed by atoms with Gasteiger partial charge in [0.15, 0.2) is 5.82 Å². The lowest BCUT2D eigenvalue weighted by Crippen LogP contribution is -2.20. The van der Waals surface area contributed by atoms with Crippen LogP contribution in [0.3, 0.4) is 0 Å². The molecule has 0 fully saturated rings. The molecule has 6 heteroatoms. The first kappa shape index (κ1) is 14.8. The molecule has 0 spiro atoms. The van der Waals surface area contributed by atoms with Gasteiger partial charge in [0.05, 0.1) is 5.69 Å². The second-order valence-corrected chi connectivity index (χ2v) is 5.29. The van der Waals surface area contributed by atoms with E-state index in [4.69, 9.17) is 5.73 Å². The highest BCUT2D eigenvalue weighted by atomic mass is 16.2. The molecule has 0 aliphatic heterocycles. The minimum absolute atomic E-state index is 0.176.